The minimum Gasteiger partial charge on any atom is -0.342 e. The Morgan fingerprint density at radius 2 is 2.12 bits per heavy atom. The van der Waals surface area contributed by atoms with Gasteiger partial charge in [-0.2, -0.15) is 0 Å². The van der Waals surface area contributed by atoms with Crippen LogP contribution in [0.5, 0.6) is 0 Å². The van der Waals surface area contributed by atoms with Crippen LogP contribution >= 0.6 is 0 Å². The molecule has 90 valence electrons. The zero-order valence-corrected chi connectivity index (χ0v) is 10.2. The zero-order valence-electron chi connectivity index (χ0n) is 10.2. The van der Waals surface area contributed by atoms with Gasteiger partial charge in [-0.25, -0.2) is 4.98 Å². The molecule has 1 aromatic heterocycles. The molecule has 2 rings (SSSR count). The number of nitro groups is 1. The van der Waals surface area contributed by atoms with E-state index < -0.39 is 4.92 Å². The Morgan fingerprint density at radius 3 is 2.71 bits per heavy atom. The molecule has 0 fully saturated rings. The van der Waals surface area contributed by atoms with Gasteiger partial charge < -0.3 is 4.98 Å². The number of rotatable bonds is 2. The van der Waals surface area contributed by atoms with Crippen molar-refractivity contribution in [1.29, 1.82) is 0 Å². The molecule has 0 unspecified atom stereocenters. The molecular weight excluding hydrogens is 218 g/mol. The van der Waals surface area contributed by atoms with Gasteiger partial charge in [-0.1, -0.05) is 20.8 Å². The molecule has 5 nitrogen and oxygen atoms in total. The van der Waals surface area contributed by atoms with Crippen LogP contribution in [0.2, 0.25) is 0 Å². The molecule has 0 aliphatic heterocycles. The van der Waals surface area contributed by atoms with Gasteiger partial charge in [0.05, 0.1) is 16.0 Å². The third-order valence-corrected chi connectivity index (χ3v) is 2.42. The summed E-state index contributed by atoms with van der Waals surface area (Å²) in [6, 6.07) is 4.68. The topological polar surface area (TPSA) is 71.8 Å². The number of nitro benzene ring substituents is 1. The van der Waals surface area contributed by atoms with Gasteiger partial charge in [-0.15, -0.1) is 0 Å². The molecule has 0 amide bonds. The minimum atomic E-state index is -0.399. The molecule has 2 aromatic rings. The first-order valence-electron chi connectivity index (χ1n) is 5.48. The number of fused-ring (bicyclic) bond motifs is 1. The van der Waals surface area contributed by atoms with Crippen LogP contribution < -0.4 is 0 Å². The molecule has 0 radical (unpaired) electrons. The Morgan fingerprint density at radius 1 is 1.41 bits per heavy atom. The summed E-state index contributed by atoms with van der Waals surface area (Å²) in [5.74, 6) is 0.869. The van der Waals surface area contributed by atoms with Crippen molar-refractivity contribution in [3.05, 3.63) is 34.1 Å². The van der Waals surface area contributed by atoms with Crippen LogP contribution in [-0.2, 0) is 6.42 Å². The Hall–Kier alpha value is -1.91. The number of hydrogen-bond donors (Lipinski definition) is 1. The average molecular weight is 233 g/mol. The Labute approximate surface area is 99.0 Å². The van der Waals surface area contributed by atoms with Gasteiger partial charge in [-0.3, -0.25) is 10.1 Å². The van der Waals surface area contributed by atoms with E-state index in [1.165, 1.54) is 12.1 Å². The summed E-state index contributed by atoms with van der Waals surface area (Å²) in [6.07, 6.45) is 0.815. The standard InChI is InChI=1S/C12H15N3O2/c1-12(2,3)7-11-13-9-5-4-8(15(16)17)6-10(9)14-11/h4-6H,7H2,1-3H3,(H,13,14). The first-order chi connectivity index (χ1) is 7.85. The number of aromatic nitrogens is 2. The van der Waals surface area contributed by atoms with Crippen LogP contribution in [0.3, 0.4) is 0 Å². The largest absolute Gasteiger partial charge is 0.342 e. The van der Waals surface area contributed by atoms with Crippen LogP contribution in [0, 0.1) is 15.5 Å². The Kier molecular flexibility index (Phi) is 2.61. The molecule has 1 heterocycles. The highest BCUT2D eigenvalue weighted by atomic mass is 16.6. The summed E-state index contributed by atoms with van der Waals surface area (Å²) in [4.78, 5) is 17.8. The summed E-state index contributed by atoms with van der Waals surface area (Å²) >= 11 is 0. The van der Waals surface area contributed by atoms with E-state index in [4.69, 9.17) is 0 Å². The number of nitrogens with one attached hydrogen (secondary N) is 1. The molecule has 1 aromatic carbocycles. The van der Waals surface area contributed by atoms with Crippen molar-refractivity contribution in [2.24, 2.45) is 5.41 Å². The predicted octanol–water partition coefficient (Wildman–Crippen LogP) is 3.06. The molecule has 0 aliphatic rings. The maximum Gasteiger partial charge on any atom is 0.271 e. The van der Waals surface area contributed by atoms with E-state index in [2.05, 4.69) is 30.7 Å². The lowest BCUT2D eigenvalue weighted by Gasteiger charge is -2.15. The van der Waals surface area contributed by atoms with E-state index in [0.717, 1.165) is 23.3 Å². The normalized spacial score (nSPS) is 11.9. The second-order valence-electron chi connectivity index (χ2n) is 5.38. The molecule has 1 N–H and O–H groups in total. The zero-order chi connectivity index (χ0) is 12.6. The van der Waals surface area contributed by atoms with Gasteiger partial charge in [-0.05, 0) is 11.5 Å². The van der Waals surface area contributed by atoms with Crippen molar-refractivity contribution in [2.75, 3.05) is 0 Å². The molecular formula is C12H15N3O2. The highest BCUT2D eigenvalue weighted by Crippen LogP contribution is 2.23. The van der Waals surface area contributed by atoms with E-state index >= 15 is 0 Å². The van der Waals surface area contributed by atoms with E-state index in [1.54, 1.807) is 6.07 Å². The lowest BCUT2D eigenvalue weighted by Crippen LogP contribution is -2.10. The smallest absolute Gasteiger partial charge is 0.271 e. The van der Waals surface area contributed by atoms with Crippen LogP contribution in [0.25, 0.3) is 11.0 Å². The first kappa shape index (κ1) is 11.6. The van der Waals surface area contributed by atoms with Crippen molar-refractivity contribution in [3.8, 4) is 0 Å². The molecule has 0 spiro atoms. The highest BCUT2D eigenvalue weighted by molar-refractivity contribution is 5.77. The lowest BCUT2D eigenvalue weighted by atomic mass is 9.92. The summed E-state index contributed by atoms with van der Waals surface area (Å²) in [5, 5.41) is 10.7. The fourth-order valence-electron chi connectivity index (χ4n) is 1.75. The van der Waals surface area contributed by atoms with Crippen LogP contribution in [0.4, 0.5) is 5.69 Å². The van der Waals surface area contributed by atoms with Crippen LogP contribution in [-0.4, -0.2) is 14.9 Å². The van der Waals surface area contributed by atoms with Gasteiger partial charge in [0.25, 0.3) is 5.69 Å². The maximum atomic E-state index is 10.7. The van der Waals surface area contributed by atoms with Crippen LogP contribution in [0.1, 0.15) is 26.6 Å². The summed E-state index contributed by atoms with van der Waals surface area (Å²) in [7, 11) is 0. The summed E-state index contributed by atoms with van der Waals surface area (Å²) < 4.78 is 0. The Bertz CT molecular complexity index is 567. The van der Waals surface area contributed by atoms with Crippen molar-refractivity contribution in [1.82, 2.24) is 9.97 Å². The van der Waals surface area contributed by atoms with Crippen LogP contribution in [0.15, 0.2) is 18.2 Å². The Balaban J connectivity index is 2.40. The quantitative estimate of drug-likeness (QED) is 0.640. The number of benzene rings is 1. The maximum absolute atomic E-state index is 10.7. The monoisotopic (exact) mass is 233 g/mol. The number of imidazole rings is 1. The molecule has 0 aliphatic carbocycles. The molecule has 0 saturated heterocycles. The van der Waals surface area contributed by atoms with Gasteiger partial charge in [0, 0.05) is 18.6 Å². The molecule has 0 atom stereocenters. The molecule has 0 saturated carbocycles. The SMILES string of the molecule is CC(C)(C)Cc1nc2ccc([N+](=O)[O-])cc2[nH]1. The van der Waals surface area contributed by atoms with E-state index in [-0.39, 0.29) is 11.1 Å². The molecule has 5 heteroatoms. The molecule has 0 bridgehead atoms. The van der Waals surface area contributed by atoms with E-state index in [9.17, 15) is 10.1 Å². The van der Waals surface area contributed by atoms with Gasteiger partial charge in [0.15, 0.2) is 0 Å². The third kappa shape index (κ3) is 2.61. The fourth-order valence-corrected chi connectivity index (χ4v) is 1.75. The summed E-state index contributed by atoms with van der Waals surface area (Å²) in [5.41, 5.74) is 1.72. The number of aromatic amines is 1. The molecule has 17 heavy (non-hydrogen) atoms. The second kappa shape index (κ2) is 3.84. The van der Waals surface area contributed by atoms with Gasteiger partial charge in [0.2, 0.25) is 0 Å². The van der Waals surface area contributed by atoms with Crippen molar-refractivity contribution < 1.29 is 4.92 Å². The number of hydrogen-bond acceptors (Lipinski definition) is 3. The first-order valence-corrected chi connectivity index (χ1v) is 5.48. The van der Waals surface area contributed by atoms with Crippen molar-refractivity contribution >= 4 is 16.7 Å². The van der Waals surface area contributed by atoms with Crippen molar-refractivity contribution in [3.63, 3.8) is 0 Å². The van der Waals surface area contributed by atoms with E-state index in [0.29, 0.717) is 0 Å². The number of H-pyrrole nitrogens is 1. The fraction of sp³-hybridized carbons (Fsp3) is 0.417. The predicted molar refractivity (Wildman–Crippen MR) is 65.9 cm³/mol. The van der Waals surface area contributed by atoms with Gasteiger partial charge >= 0.3 is 0 Å². The lowest BCUT2D eigenvalue weighted by molar-refractivity contribution is -0.384. The average Bonchev–Trinajstić information content (AvgIpc) is 2.54. The minimum absolute atomic E-state index is 0.0865. The summed E-state index contributed by atoms with van der Waals surface area (Å²) in [6.45, 7) is 6.38. The highest BCUT2D eigenvalue weighted by Gasteiger charge is 2.15. The number of nitrogens with zero attached hydrogens (tertiary/aromatic N) is 2. The number of non-ortho nitro benzene ring substituents is 1. The van der Waals surface area contributed by atoms with Gasteiger partial charge in [0.1, 0.15) is 5.82 Å². The van der Waals surface area contributed by atoms with E-state index in [1.807, 2.05) is 0 Å². The third-order valence-electron chi connectivity index (χ3n) is 2.42. The van der Waals surface area contributed by atoms with Crippen molar-refractivity contribution in [2.45, 2.75) is 27.2 Å². The second-order valence-corrected chi connectivity index (χ2v) is 5.38.